The van der Waals surface area contributed by atoms with Crippen LogP contribution in [0.5, 0.6) is 0 Å². The summed E-state index contributed by atoms with van der Waals surface area (Å²) >= 11 is 0. The summed E-state index contributed by atoms with van der Waals surface area (Å²) in [4.78, 5) is 17.0. The number of para-hydroxylation sites is 1. The van der Waals surface area contributed by atoms with E-state index in [0.717, 1.165) is 29.7 Å². The third-order valence-electron chi connectivity index (χ3n) is 3.26. The summed E-state index contributed by atoms with van der Waals surface area (Å²) in [7, 11) is 0. The van der Waals surface area contributed by atoms with E-state index in [1.54, 1.807) is 0 Å². The highest BCUT2D eigenvalue weighted by Gasteiger charge is 2.10. The van der Waals surface area contributed by atoms with E-state index in [1.807, 2.05) is 32.0 Å². The number of carbonyl (C=O) groups is 1. The van der Waals surface area contributed by atoms with Gasteiger partial charge in [0.05, 0.1) is 0 Å². The average Bonchev–Trinajstić information content (AvgIpc) is 2.46. The summed E-state index contributed by atoms with van der Waals surface area (Å²) in [5, 5.41) is 6.69. The van der Waals surface area contributed by atoms with Crippen molar-refractivity contribution in [2.75, 3.05) is 11.9 Å². The van der Waals surface area contributed by atoms with Crippen LogP contribution in [-0.2, 0) is 22.5 Å². The van der Waals surface area contributed by atoms with Gasteiger partial charge in [-0.05, 0) is 29.9 Å². The second kappa shape index (κ2) is 9.07. The number of nitrogens with two attached hydrogens (primary N) is 1. The number of hydrogen-bond donors (Lipinski definition) is 2. The van der Waals surface area contributed by atoms with Crippen molar-refractivity contribution in [1.29, 1.82) is 0 Å². The fraction of sp³-hybridized carbons (Fsp3) is 0.529. The van der Waals surface area contributed by atoms with E-state index in [2.05, 4.69) is 24.3 Å². The first-order valence-corrected chi connectivity index (χ1v) is 7.82. The molecule has 1 rings (SSSR count). The molecule has 0 aromatic heterocycles. The molecule has 0 aliphatic rings. The van der Waals surface area contributed by atoms with Gasteiger partial charge in [-0.25, -0.2) is 0 Å². The van der Waals surface area contributed by atoms with Crippen LogP contribution in [0.1, 0.15) is 45.2 Å². The minimum absolute atomic E-state index is 0.139. The number of benzene rings is 1. The van der Waals surface area contributed by atoms with Gasteiger partial charge in [0.2, 0.25) is 0 Å². The number of rotatable bonds is 8. The molecule has 122 valence electrons. The molecule has 3 N–H and O–H groups in total. The lowest BCUT2D eigenvalue weighted by molar-refractivity contribution is -0.120. The zero-order chi connectivity index (χ0) is 16.5. The third kappa shape index (κ3) is 5.76. The molecule has 0 fully saturated rings. The Balaban J connectivity index is 2.62. The van der Waals surface area contributed by atoms with Gasteiger partial charge < -0.3 is 15.9 Å². The van der Waals surface area contributed by atoms with Crippen LogP contribution in [-0.4, -0.2) is 18.3 Å². The lowest BCUT2D eigenvalue weighted by Crippen LogP contribution is -2.21. The molecule has 0 bridgehead atoms. The second-order valence-electron chi connectivity index (χ2n) is 5.66. The number of hydrogen-bond acceptors (Lipinski definition) is 3. The Morgan fingerprint density at radius 3 is 2.36 bits per heavy atom. The number of oxime groups is 1. The van der Waals surface area contributed by atoms with Gasteiger partial charge in [-0.1, -0.05) is 51.0 Å². The van der Waals surface area contributed by atoms with Crippen LogP contribution in [0.15, 0.2) is 23.4 Å². The van der Waals surface area contributed by atoms with E-state index in [-0.39, 0.29) is 12.5 Å². The van der Waals surface area contributed by atoms with Crippen molar-refractivity contribution in [1.82, 2.24) is 0 Å². The van der Waals surface area contributed by atoms with Crippen LogP contribution in [0.4, 0.5) is 5.69 Å². The van der Waals surface area contributed by atoms with Gasteiger partial charge in [-0.3, -0.25) is 4.79 Å². The summed E-state index contributed by atoms with van der Waals surface area (Å²) in [6, 6.07) is 6.06. The fourth-order valence-corrected chi connectivity index (χ4v) is 2.21. The molecule has 0 atom stereocenters. The molecule has 1 aromatic rings. The summed E-state index contributed by atoms with van der Waals surface area (Å²) < 4.78 is 0. The molecule has 5 heteroatoms. The molecule has 1 aromatic carbocycles. The van der Waals surface area contributed by atoms with Crippen molar-refractivity contribution >= 4 is 17.4 Å². The number of amides is 1. The van der Waals surface area contributed by atoms with Gasteiger partial charge in [0.1, 0.15) is 5.84 Å². The van der Waals surface area contributed by atoms with Crippen LogP contribution < -0.4 is 11.1 Å². The summed E-state index contributed by atoms with van der Waals surface area (Å²) in [6.45, 7) is 8.09. The molecule has 0 unspecified atom stereocenters. The van der Waals surface area contributed by atoms with E-state index in [4.69, 9.17) is 10.6 Å². The molecular formula is C17H27N3O2. The predicted molar refractivity (Wildman–Crippen MR) is 90.9 cm³/mol. The fourth-order valence-electron chi connectivity index (χ4n) is 2.21. The second-order valence-corrected chi connectivity index (χ2v) is 5.66. The molecule has 0 radical (unpaired) electrons. The van der Waals surface area contributed by atoms with E-state index in [0.29, 0.717) is 18.2 Å². The number of anilines is 1. The van der Waals surface area contributed by atoms with Crippen LogP contribution in [0.2, 0.25) is 0 Å². The Morgan fingerprint density at radius 1 is 1.27 bits per heavy atom. The van der Waals surface area contributed by atoms with Gasteiger partial charge in [-0.2, -0.15) is 0 Å². The van der Waals surface area contributed by atoms with Crippen molar-refractivity contribution in [3.8, 4) is 0 Å². The monoisotopic (exact) mass is 305 g/mol. The summed E-state index contributed by atoms with van der Waals surface area (Å²) in [6.07, 6.45) is 2.38. The number of nitrogens with one attached hydrogen (secondary N) is 1. The van der Waals surface area contributed by atoms with Crippen molar-refractivity contribution in [2.45, 2.75) is 47.0 Å². The Morgan fingerprint density at radius 2 is 1.86 bits per heavy atom. The molecule has 22 heavy (non-hydrogen) atoms. The largest absolute Gasteiger partial charge is 0.384 e. The molecular weight excluding hydrogens is 278 g/mol. The zero-order valence-corrected chi connectivity index (χ0v) is 14.0. The molecule has 0 heterocycles. The minimum atomic E-state index is -0.225. The maximum atomic E-state index is 12.0. The van der Waals surface area contributed by atoms with E-state index >= 15 is 0 Å². The van der Waals surface area contributed by atoms with Crippen molar-refractivity contribution in [3.63, 3.8) is 0 Å². The molecule has 1 amide bonds. The minimum Gasteiger partial charge on any atom is -0.384 e. The first-order valence-electron chi connectivity index (χ1n) is 7.82. The average molecular weight is 305 g/mol. The molecule has 0 aliphatic heterocycles. The van der Waals surface area contributed by atoms with E-state index in [1.165, 1.54) is 0 Å². The Labute approximate surface area is 132 Å². The molecule has 0 saturated carbocycles. The Hall–Kier alpha value is -2.04. The predicted octanol–water partition coefficient (Wildman–Crippen LogP) is 3.08. The molecule has 5 nitrogen and oxygen atoms in total. The topological polar surface area (TPSA) is 76.7 Å². The lowest BCUT2D eigenvalue weighted by Gasteiger charge is -2.14. The Bertz CT molecular complexity index is 502. The van der Waals surface area contributed by atoms with Gasteiger partial charge >= 0.3 is 0 Å². The zero-order valence-electron chi connectivity index (χ0n) is 14.0. The van der Waals surface area contributed by atoms with Crippen LogP contribution in [0, 0.1) is 5.92 Å². The SMILES string of the molecule is CCc1cccc(CC)c1NC(=O)CON=C(N)CC(C)C. The quantitative estimate of drug-likeness (QED) is 0.440. The van der Waals surface area contributed by atoms with Gasteiger partial charge in [0, 0.05) is 12.1 Å². The summed E-state index contributed by atoms with van der Waals surface area (Å²) in [5.41, 5.74) is 8.83. The maximum absolute atomic E-state index is 12.0. The molecule has 0 aliphatic carbocycles. The summed E-state index contributed by atoms with van der Waals surface area (Å²) in [5.74, 6) is 0.590. The number of nitrogens with zero attached hydrogens (tertiary/aromatic N) is 1. The smallest absolute Gasteiger partial charge is 0.265 e. The van der Waals surface area contributed by atoms with Crippen LogP contribution in [0.3, 0.4) is 0 Å². The number of aryl methyl sites for hydroxylation is 2. The number of amidine groups is 1. The van der Waals surface area contributed by atoms with E-state index in [9.17, 15) is 4.79 Å². The highest BCUT2D eigenvalue weighted by atomic mass is 16.6. The highest BCUT2D eigenvalue weighted by Crippen LogP contribution is 2.22. The van der Waals surface area contributed by atoms with Crippen molar-refractivity contribution in [2.24, 2.45) is 16.8 Å². The van der Waals surface area contributed by atoms with Crippen molar-refractivity contribution < 1.29 is 9.63 Å². The first-order chi connectivity index (χ1) is 10.5. The first kappa shape index (κ1) is 18.0. The normalized spacial score (nSPS) is 11.6. The van der Waals surface area contributed by atoms with Crippen LogP contribution >= 0.6 is 0 Å². The van der Waals surface area contributed by atoms with Gasteiger partial charge in [0.15, 0.2) is 6.61 Å². The lowest BCUT2D eigenvalue weighted by atomic mass is 10.0. The van der Waals surface area contributed by atoms with Crippen molar-refractivity contribution in [3.05, 3.63) is 29.3 Å². The molecule has 0 spiro atoms. The van der Waals surface area contributed by atoms with Crippen LogP contribution in [0.25, 0.3) is 0 Å². The third-order valence-corrected chi connectivity index (χ3v) is 3.26. The van der Waals surface area contributed by atoms with Gasteiger partial charge in [0.25, 0.3) is 5.91 Å². The Kier molecular flexibility index (Phi) is 7.43. The van der Waals surface area contributed by atoms with Gasteiger partial charge in [-0.15, -0.1) is 0 Å². The molecule has 0 saturated heterocycles. The number of carbonyl (C=O) groups excluding carboxylic acids is 1. The maximum Gasteiger partial charge on any atom is 0.265 e. The highest BCUT2D eigenvalue weighted by molar-refractivity contribution is 5.93. The van der Waals surface area contributed by atoms with E-state index < -0.39 is 0 Å². The standard InChI is InChI=1S/C17H27N3O2/c1-5-13-8-7-9-14(6-2)17(13)19-16(21)11-22-20-15(18)10-12(3)4/h7-9,12H,5-6,10-11H2,1-4H3,(H2,18,20)(H,19,21).